The van der Waals surface area contributed by atoms with Crippen molar-refractivity contribution in [2.75, 3.05) is 10.5 Å². The van der Waals surface area contributed by atoms with Gasteiger partial charge in [0.2, 0.25) is 10.0 Å². The van der Waals surface area contributed by atoms with Crippen molar-refractivity contribution in [2.45, 2.75) is 6.42 Å². The number of hydrogen-bond donors (Lipinski definition) is 2. The highest BCUT2D eigenvalue weighted by atomic mass is 79.9. The van der Waals surface area contributed by atoms with Gasteiger partial charge in [-0.05, 0) is 28.1 Å². The van der Waals surface area contributed by atoms with Crippen molar-refractivity contribution in [3.05, 3.63) is 32.8 Å². The number of anilines is 1. The number of sulfonamides is 1. The molecular weight excluding hydrogens is 344 g/mol. The number of carboxylic acid groups (broad SMARTS) is 1. The molecule has 0 aromatic heterocycles. The van der Waals surface area contributed by atoms with Gasteiger partial charge in [0.25, 0.3) is 5.69 Å². The van der Waals surface area contributed by atoms with E-state index in [-0.39, 0.29) is 15.8 Å². The van der Waals surface area contributed by atoms with Gasteiger partial charge in [0.15, 0.2) is 0 Å². The third kappa shape index (κ3) is 4.83. The van der Waals surface area contributed by atoms with Gasteiger partial charge in [-0.25, -0.2) is 8.42 Å². The topological polar surface area (TPSA) is 127 Å². The highest BCUT2D eigenvalue weighted by Crippen LogP contribution is 2.28. The van der Waals surface area contributed by atoms with Crippen LogP contribution >= 0.6 is 15.9 Å². The number of carbonyl (C=O) groups is 1. The molecule has 8 nitrogen and oxygen atoms in total. The molecule has 0 radical (unpaired) electrons. The van der Waals surface area contributed by atoms with E-state index < -0.39 is 33.1 Å². The maximum atomic E-state index is 11.5. The molecule has 2 N–H and O–H groups in total. The zero-order chi connectivity index (χ0) is 14.6. The fraction of sp³-hybridized carbons (Fsp3) is 0.222. The Balaban J connectivity index is 2.91. The molecule has 1 aromatic rings. The van der Waals surface area contributed by atoms with Gasteiger partial charge >= 0.3 is 5.97 Å². The van der Waals surface area contributed by atoms with E-state index in [0.717, 1.165) is 6.07 Å². The lowest BCUT2D eigenvalue weighted by atomic mass is 10.3. The molecule has 0 aliphatic carbocycles. The number of rotatable bonds is 6. The van der Waals surface area contributed by atoms with Gasteiger partial charge in [0, 0.05) is 6.07 Å². The standard InChI is InChI=1S/C9H9BrN2O6S/c10-7-2-1-6(5-8(7)12(15)16)11-19(17,18)4-3-9(13)14/h1-2,5,11H,3-4H2,(H,13,14). The number of benzene rings is 1. The number of nitrogens with one attached hydrogen (secondary N) is 1. The van der Waals surface area contributed by atoms with Crippen LogP contribution < -0.4 is 4.72 Å². The van der Waals surface area contributed by atoms with E-state index in [4.69, 9.17) is 5.11 Å². The van der Waals surface area contributed by atoms with Crippen LogP contribution in [0.5, 0.6) is 0 Å². The summed E-state index contributed by atoms with van der Waals surface area (Å²) in [5.74, 6) is -1.85. The molecule has 19 heavy (non-hydrogen) atoms. The molecule has 0 unspecified atom stereocenters. The summed E-state index contributed by atoms with van der Waals surface area (Å²) in [5, 5.41) is 19.1. The quantitative estimate of drug-likeness (QED) is 0.590. The molecule has 0 atom stereocenters. The highest BCUT2D eigenvalue weighted by Gasteiger charge is 2.17. The lowest BCUT2D eigenvalue weighted by molar-refractivity contribution is -0.385. The van der Waals surface area contributed by atoms with Crippen LogP contribution in [0.2, 0.25) is 0 Å². The minimum absolute atomic E-state index is 0.000267. The summed E-state index contributed by atoms with van der Waals surface area (Å²) in [7, 11) is -3.85. The fourth-order valence-corrected chi connectivity index (χ4v) is 2.59. The molecule has 0 spiro atoms. The van der Waals surface area contributed by atoms with Crippen molar-refractivity contribution in [1.82, 2.24) is 0 Å². The van der Waals surface area contributed by atoms with Crippen LogP contribution in [0, 0.1) is 10.1 Å². The van der Waals surface area contributed by atoms with Crippen LogP contribution in [-0.2, 0) is 14.8 Å². The maximum absolute atomic E-state index is 11.5. The number of nitro benzene ring substituents is 1. The number of carboxylic acids is 1. The monoisotopic (exact) mass is 352 g/mol. The Morgan fingerprint density at radius 2 is 2.11 bits per heavy atom. The average Bonchev–Trinajstić information content (AvgIpc) is 2.28. The Morgan fingerprint density at radius 3 is 2.63 bits per heavy atom. The third-order valence-electron chi connectivity index (χ3n) is 2.00. The molecule has 0 heterocycles. The Morgan fingerprint density at radius 1 is 1.47 bits per heavy atom. The summed E-state index contributed by atoms with van der Waals surface area (Å²) in [5.41, 5.74) is -0.293. The van der Waals surface area contributed by atoms with Gasteiger partial charge in [-0.1, -0.05) is 0 Å². The number of aliphatic carboxylic acids is 1. The van der Waals surface area contributed by atoms with Gasteiger partial charge in [0.1, 0.15) is 0 Å². The van der Waals surface area contributed by atoms with E-state index in [9.17, 15) is 23.3 Å². The molecular formula is C9H9BrN2O6S. The smallest absolute Gasteiger partial charge is 0.304 e. The van der Waals surface area contributed by atoms with E-state index >= 15 is 0 Å². The number of nitro groups is 1. The first kappa shape index (κ1) is 15.4. The van der Waals surface area contributed by atoms with Crippen LogP contribution in [0.3, 0.4) is 0 Å². The summed E-state index contributed by atoms with van der Waals surface area (Å²) in [6.07, 6.45) is -0.548. The molecule has 1 rings (SSSR count). The third-order valence-corrected chi connectivity index (χ3v) is 3.96. The molecule has 0 saturated heterocycles. The van der Waals surface area contributed by atoms with E-state index in [1.807, 2.05) is 0 Å². The predicted molar refractivity (Wildman–Crippen MR) is 70.5 cm³/mol. The van der Waals surface area contributed by atoms with Crippen molar-refractivity contribution in [2.24, 2.45) is 0 Å². The van der Waals surface area contributed by atoms with Crippen LogP contribution in [0.4, 0.5) is 11.4 Å². The van der Waals surface area contributed by atoms with Crippen LogP contribution in [0.1, 0.15) is 6.42 Å². The van der Waals surface area contributed by atoms with E-state index in [1.165, 1.54) is 12.1 Å². The summed E-state index contributed by atoms with van der Waals surface area (Å²) in [6.45, 7) is 0. The van der Waals surface area contributed by atoms with Gasteiger partial charge < -0.3 is 5.11 Å². The molecule has 104 valence electrons. The van der Waals surface area contributed by atoms with Crippen molar-refractivity contribution in [1.29, 1.82) is 0 Å². The molecule has 1 aromatic carbocycles. The van der Waals surface area contributed by atoms with E-state index in [0.29, 0.717) is 0 Å². The second-order valence-corrected chi connectivity index (χ2v) is 6.18. The predicted octanol–water partition coefficient (Wildman–Crippen LogP) is 1.57. The van der Waals surface area contributed by atoms with Crippen molar-refractivity contribution < 1.29 is 23.2 Å². The van der Waals surface area contributed by atoms with Crippen LogP contribution in [0.15, 0.2) is 22.7 Å². The summed E-state index contributed by atoms with van der Waals surface area (Å²) >= 11 is 2.96. The fourth-order valence-electron chi connectivity index (χ4n) is 1.17. The Bertz CT molecular complexity index is 615. The molecule has 0 aliphatic heterocycles. The zero-order valence-corrected chi connectivity index (χ0v) is 11.8. The molecule has 0 saturated carbocycles. The Kier molecular flexibility index (Phi) is 4.84. The Labute approximate surface area is 116 Å². The first-order valence-electron chi connectivity index (χ1n) is 4.87. The van der Waals surface area contributed by atoms with E-state index in [2.05, 4.69) is 20.7 Å². The minimum atomic E-state index is -3.85. The highest BCUT2D eigenvalue weighted by molar-refractivity contribution is 9.10. The molecule has 0 aliphatic rings. The van der Waals surface area contributed by atoms with Crippen LogP contribution in [0.25, 0.3) is 0 Å². The Hall–Kier alpha value is -1.68. The SMILES string of the molecule is O=C(O)CCS(=O)(=O)Nc1ccc(Br)c([N+](=O)[O-])c1. The molecule has 0 amide bonds. The summed E-state index contributed by atoms with van der Waals surface area (Å²) in [6, 6.07) is 3.70. The van der Waals surface area contributed by atoms with Crippen molar-refractivity contribution in [3.63, 3.8) is 0 Å². The normalized spacial score (nSPS) is 11.0. The van der Waals surface area contributed by atoms with Gasteiger partial charge in [0.05, 0.1) is 27.3 Å². The van der Waals surface area contributed by atoms with Gasteiger partial charge in [-0.2, -0.15) is 0 Å². The molecule has 10 heteroatoms. The first-order valence-corrected chi connectivity index (χ1v) is 7.32. The first-order chi connectivity index (χ1) is 8.71. The summed E-state index contributed by atoms with van der Waals surface area (Å²) in [4.78, 5) is 20.3. The van der Waals surface area contributed by atoms with E-state index in [1.54, 1.807) is 0 Å². The number of nitrogens with zero attached hydrogens (tertiary/aromatic N) is 1. The van der Waals surface area contributed by atoms with Crippen LogP contribution in [-0.4, -0.2) is 30.2 Å². The zero-order valence-electron chi connectivity index (χ0n) is 9.37. The molecule has 0 fully saturated rings. The molecule has 0 bridgehead atoms. The lowest BCUT2D eigenvalue weighted by Crippen LogP contribution is -2.18. The van der Waals surface area contributed by atoms with Crippen molar-refractivity contribution >= 4 is 43.3 Å². The largest absolute Gasteiger partial charge is 0.481 e. The maximum Gasteiger partial charge on any atom is 0.304 e. The number of halogens is 1. The second-order valence-electron chi connectivity index (χ2n) is 3.49. The summed E-state index contributed by atoms with van der Waals surface area (Å²) < 4.78 is 25.3. The second kappa shape index (κ2) is 5.97. The number of hydrogen-bond acceptors (Lipinski definition) is 5. The minimum Gasteiger partial charge on any atom is -0.481 e. The average molecular weight is 353 g/mol. The van der Waals surface area contributed by atoms with Gasteiger partial charge in [-0.15, -0.1) is 0 Å². The lowest BCUT2D eigenvalue weighted by Gasteiger charge is -2.07. The van der Waals surface area contributed by atoms with Gasteiger partial charge in [-0.3, -0.25) is 19.6 Å². The van der Waals surface area contributed by atoms with Crippen molar-refractivity contribution in [3.8, 4) is 0 Å².